The molecule has 6 heteroatoms. The molecule has 2 heterocycles. The van der Waals surface area contributed by atoms with Crippen molar-refractivity contribution >= 4 is 32.8 Å². The molecule has 2 aromatic heterocycles. The summed E-state index contributed by atoms with van der Waals surface area (Å²) in [5.41, 5.74) is 3.69. The lowest BCUT2D eigenvalue weighted by Gasteiger charge is -1.95. The molecule has 5 aromatic rings. The first-order valence-corrected chi connectivity index (χ1v) is 6.85. The molecule has 0 fully saturated rings. The monoisotopic (exact) mass is 288 g/mol. The molecule has 0 atom stereocenters. The summed E-state index contributed by atoms with van der Waals surface area (Å²) in [6, 6.07) is 19.9. The molecule has 0 saturated carbocycles. The van der Waals surface area contributed by atoms with Crippen molar-refractivity contribution in [2.45, 2.75) is 0 Å². The summed E-state index contributed by atoms with van der Waals surface area (Å²) in [5, 5.41) is 23.4. The minimum atomic E-state index is 0.914. The highest BCUT2D eigenvalue weighted by Gasteiger charge is 2.01. The summed E-state index contributed by atoms with van der Waals surface area (Å²) in [7, 11) is 0. The van der Waals surface area contributed by atoms with Gasteiger partial charge in [-0.15, -0.1) is 0 Å². The molecule has 0 aliphatic heterocycles. The normalized spacial score (nSPS) is 10.7. The lowest BCUT2D eigenvalue weighted by atomic mass is 10.1. The van der Waals surface area contributed by atoms with Crippen molar-refractivity contribution in [3.63, 3.8) is 0 Å². The number of benzene rings is 3. The Morgan fingerprint density at radius 1 is 0.545 bits per heavy atom. The number of aromatic nitrogens is 6. The summed E-state index contributed by atoms with van der Waals surface area (Å²) < 4.78 is 0. The highest BCUT2D eigenvalue weighted by Crippen LogP contribution is 2.21. The summed E-state index contributed by atoms with van der Waals surface area (Å²) in [6.45, 7) is 0. The molecule has 22 heavy (non-hydrogen) atoms. The molecule has 3 aromatic carbocycles. The topological polar surface area (TPSA) is 83.1 Å². The van der Waals surface area contributed by atoms with Crippen LogP contribution in [0.25, 0.3) is 32.8 Å². The Bertz CT molecular complexity index is 1020. The number of H-pyrrole nitrogens is 2. The van der Waals surface area contributed by atoms with Crippen LogP contribution in [0.4, 0.5) is 0 Å². The van der Waals surface area contributed by atoms with Crippen LogP contribution in [0, 0.1) is 0 Å². The van der Waals surface area contributed by atoms with Gasteiger partial charge in [0.15, 0.2) is 0 Å². The van der Waals surface area contributed by atoms with Crippen molar-refractivity contribution in [2.75, 3.05) is 0 Å². The first-order valence-electron chi connectivity index (χ1n) is 6.85. The number of hydrogen-bond donors (Lipinski definition) is 2. The van der Waals surface area contributed by atoms with Gasteiger partial charge in [0, 0.05) is 5.39 Å². The molecule has 106 valence electrons. The maximum Gasteiger partial charge on any atom is 0.120 e. The third kappa shape index (κ3) is 2.16. The van der Waals surface area contributed by atoms with E-state index in [1.165, 1.54) is 5.39 Å². The molecule has 0 amide bonds. The third-order valence-electron chi connectivity index (χ3n) is 3.43. The maximum atomic E-state index is 4.11. The van der Waals surface area contributed by atoms with Crippen LogP contribution in [-0.2, 0) is 0 Å². The zero-order valence-corrected chi connectivity index (χ0v) is 11.6. The molecule has 0 aliphatic rings. The van der Waals surface area contributed by atoms with Gasteiger partial charge in [0.2, 0.25) is 0 Å². The average molecular weight is 288 g/mol. The van der Waals surface area contributed by atoms with E-state index >= 15 is 0 Å². The van der Waals surface area contributed by atoms with Gasteiger partial charge in [0.25, 0.3) is 0 Å². The van der Waals surface area contributed by atoms with Crippen LogP contribution in [0.3, 0.4) is 0 Å². The largest absolute Gasteiger partial charge is 0.197 e. The van der Waals surface area contributed by atoms with E-state index in [0.29, 0.717) is 0 Å². The number of aromatic amines is 2. The van der Waals surface area contributed by atoms with E-state index in [2.05, 4.69) is 49.0 Å². The first-order chi connectivity index (χ1) is 10.9. The number of fused-ring (bicyclic) bond motifs is 4. The summed E-state index contributed by atoms with van der Waals surface area (Å²) >= 11 is 0. The fraction of sp³-hybridized carbons (Fsp3) is 0. The molecule has 0 unspecified atom stereocenters. The first kappa shape index (κ1) is 12.5. The number of para-hydroxylation sites is 2. The fourth-order valence-corrected chi connectivity index (χ4v) is 2.37. The Morgan fingerprint density at radius 2 is 1.18 bits per heavy atom. The van der Waals surface area contributed by atoms with Gasteiger partial charge in [-0.25, -0.2) is 0 Å². The summed E-state index contributed by atoms with van der Waals surface area (Å²) in [5.74, 6) is 0. The van der Waals surface area contributed by atoms with E-state index in [1.807, 2.05) is 42.5 Å². The highest BCUT2D eigenvalue weighted by molar-refractivity contribution is 6.03. The number of nitrogens with one attached hydrogen (secondary N) is 2. The smallest absolute Gasteiger partial charge is 0.120 e. The van der Waals surface area contributed by atoms with Crippen LogP contribution in [0.2, 0.25) is 0 Å². The summed E-state index contributed by atoms with van der Waals surface area (Å²) in [6.07, 6.45) is 0. The lowest BCUT2D eigenvalue weighted by Crippen LogP contribution is -1.74. The summed E-state index contributed by atoms with van der Waals surface area (Å²) in [4.78, 5) is 0. The molecule has 0 bridgehead atoms. The predicted molar refractivity (Wildman–Crippen MR) is 85.3 cm³/mol. The molecule has 6 nitrogen and oxygen atoms in total. The second-order valence-corrected chi connectivity index (χ2v) is 4.79. The van der Waals surface area contributed by atoms with Crippen LogP contribution in [-0.4, -0.2) is 30.8 Å². The van der Waals surface area contributed by atoms with Gasteiger partial charge in [-0.1, -0.05) is 42.5 Å². The van der Waals surface area contributed by atoms with Gasteiger partial charge in [-0.2, -0.15) is 30.8 Å². The maximum absolute atomic E-state index is 4.11. The SMILES string of the molecule is c1ccc2c(c1)ccc1n[nH]nc12.c1ccc2n[nH]nc2c1. The van der Waals surface area contributed by atoms with E-state index in [1.54, 1.807) is 0 Å². The van der Waals surface area contributed by atoms with Crippen LogP contribution in [0.5, 0.6) is 0 Å². The lowest BCUT2D eigenvalue weighted by molar-refractivity contribution is 0.959. The van der Waals surface area contributed by atoms with Crippen molar-refractivity contribution in [3.05, 3.63) is 60.7 Å². The Balaban J connectivity index is 0.000000122. The minimum Gasteiger partial charge on any atom is -0.197 e. The molecule has 0 aliphatic carbocycles. The van der Waals surface area contributed by atoms with E-state index < -0.39 is 0 Å². The highest BCUT2D eigenvalue weighted by atomic mass is 15.3. The van der Waals surface area contributed by atoms with Crippen molar-refractivity contribution in [1.82, 2.24) is 30.8 Å². The van der Waals surface area contributed by atoms with E-state index in [9.17, 15) is 0 Å². The van der Waals surface area contributed by atoms with Crippen molar-refractivity contribution < 1.29 is 0 Å². The number of rotatable bonds is 0. The van der Waals surface area contributed by atoms with E-state index in [4.69, 9.17) is 0 Å². The molecule has 2 N–H and O–H groups in total. The van der Waals surface area contributed by atoms with Crippen molar-refractivity contribution in [2.24, 2.45) is 0 Å². The van der Waals surface area contributed by atoms with Gasteiger partial charge >= 0.3 is 0 Å². The van der Waals surface area contributed by atoms with Crippen LogP contribution >= 0.6 is 0 Å². The van der Waals surface area contributed by atoms with Gasteiger partial charge in [-0.3, -0.25) is 0 Å². The van der Waals surface area contributed by atoms with Gasteiger partial charge in [-0.05, 0) is 23.6 Å². The number of hydrogen-bond acceptors (Lipinski definition) is 4. The van der Waals surface area contributed by atoms with Crippen LogP contribution < -0.4 is 0 Å². The van der Waals surface area contributed by atoms with E-state index in [-0.39, 0.29) is 0 Å². The molecular formula is C16H12N6. The quantitative estimate of drug-likeness (QED) is 0.458. The fourth-order valence-electron chi connectivity index (χ4n) is 2.37. The Kier molecular flexibility index (Phi) is 2.97. The number of nitrogens with zero attached hydrogens (tertiary/aromatic N) is 4. The van der Waals surface area contributed by atoms with Crippen molar-refractivity contribution in [1.29, 1.82) is 0 Å². The van der Waals surface area contributed by atoms with Gasteiger partial charge in [0.1, 0.15) is 22.1 Å². The molecular weight excluding hydrogens is 276 g/mol. The molecule has 5 rings (SSSR count). The second kappa shape index (κ2) is 5.25. The van der Waals surface area contributed by atoms with E-state index in [0.717, 1.165) is 27.5 Å². The third-order valence-corrected chi connectivity index (χ3v) is 3.43. The van der Waals surface area contributed by atoms with Crippen LogP contribution in [0.1, 0.15) is 0 Å². The Morgan fingerprint density at radius 3 is 2.00 bits per heavy atom. The molecule has 0 radical (unpaired) electrons. The zero-order chi connectivity index (χ0) is 14.8. The Labute approximate surface area is 125 Å². The van der Waals surface area contributed by atoms with Gasteiger partial charge < -0.3 is 0 Å². The Hall–Kier alpha value is -3.28. The zero-order valence-electron chi connectivity index (χ0n) is 11.6. The van der Waals surface area contributed by atoms with Crippen LogP contribution in [0.15, 0.2) is 60.7 Å². The minimum absolute atomic E-state index is 0.914. The molecule has 0 saturated heterocycles. The standard InChI is InChI=1S/C10H7N3.C6H5N3/c1-2-4-8-7(3-1)5-6-9-10(8)12-13-11-9;1-2-4-6-5(3-1)7-9-8-6/h1-6H,(H,11,12,13);1-4H,(H,7,8,9). The average Bonchev–Trinajstić information content (AvgIpc) is 3.24. The van der Waals surface area contributed by atoms with Crippen molar-refractivity contribution in [3.8, 4) is 0 Å². The van der Waals surface area contributed by atoms with Gasteiger partial charge in [0.05, 0.1) is 0 Å². The predicted octanol–water partition coefficient (Wildman–Crippen LogP) is 3.07. The molecule has 0 spiro atoms. The second-order valence-electron chi connectivity index (χ2n) is 4.79.